The fourth-order valence-electron chi connectivity index (χ4n) is 2.42. The summed E-state index contributed by atoms with van der Waals surface area (Å²) in [5, 5.41) is 21.5. The molecule has 2 aromatic rings. The van der Waals surface area contributed by atoms with E-state index in [1.165, 1.54) is 0 Å². The first-order chi connectivity index (χ1) is 9.19. The Morgan fingerprint density at radius 3 is 1.68 bits per heavy atom. The lowest BCUT2D eigenvalue weighted by molar-refractivity contribution is -0.0534. The van der Waals surface area contributed by atoms with Gasteiger partial charge >= 0.3 is 0 Å². The molecule has 2 N–H and O–H groups in total. The van der Waals surface area contributed by atoms with Crippen molar-refractivity contribution in [2.75, 3.05) is 0 Å². The molecule has 0 heterocycles. The summed E-state index contributed by atoms with van der Waals surface area (Å²) < 4.78 is 0. The van der Waals surface area contributed by atoms with Gasteiger partial charge < -0.3 is 10.2 Å². The summed E-state index contributed by atoms with van der Waals surface area (Å²) in [6, 6.07) is 18.7. The summed E-state index contributed by atoms with van der Waals surface area (Å²) >= 11 is 0. The Hall–Kier alpha value is -1.64. The van der Waals surface area contributed by atoms with Crippen LogP contribution in [0.3, 0.4) is 0 Å². The van der Waals surface area contributed by atoms with Crippen molar-refractivity contribution in [2.24, 2.45) is 0 Å². The van der Waals surface area contributed by atoms with Crippen LogP contribution in [0.5, 0.6) is 0 Å². The summed E-state index contributed by atoms with van der Waals surface area (Å²) in [6.45, 7) is 2.00. The predicted octanol–water partition coefficient (Wildman–Crippen LogP) is 3.08. The molecule has 0 radical (unpaired) electrons. The number of hydrogen-bond acceptors (Lipinski definition) is 2. The third-order valence-electron chi connectivity index (χ3n) is 3.47. The zero-order valence-electron chi connectivity index (χ0n) is 11.2. The van der Waals surface area contributed by atoms with E-state index in [1.807, 2.05) is 67.6 Å². The van der Waals surface area contributed by atoms with Crippen molar-refractivity contribution in [3.8, 4) is 0 Å². The molecule has 2 aromatic carbocycles. The van der Waals surface area contributed by atoms with Crippen LogP contribution in [0.2, 0.25) is 0 Å². The van der Waals surface area contributed by atoms with Gasteiger partial charge in [0.2, 0.25) is 0 Å². The minimum Gasteiger partial charge on any atom is -0.389 e. The SMILES string of the molecule is CCCC(O)C(O)(c1ccccc1)c1ccccc1. The number of hydrogen-bond donors (Lipinski definition) is 2. The lowest BCUT2D eigenvalue weighted by Gasteiger charge is -2.34. The van der Waals surface area contributed by atoms with Gasteiger partial charge in [-0.1, -0.05) is 74.0 Å². The van der Waals surface area contributed by atoms with Crippen molar-refractivity contribution >= 4 is 0 Å². The van der Waals surface area contributed by atoms with Crippen LogP contribution in [0.25, 0.3) is 0 Å². The van der Waals surface area contributed by atoms with Gasteiger partial charge in [0.05, 0.1) is 6.10 Å². The minimum absolute atomic E-state index is 0.556. The largest absolute Gasteiger partial charge is 0.389 e. The molecule has 0 spiro atoms. The van der Waals surface area contributed by atoms with Gasteiger partial charge in [0, 0.05) is 0 Å². The molecule has 0 amide bonds. The molecule has 0 aromatic heterocycles. The van der Waals surface area contributed by atoms with Gasteiger partial charge in [-0.05, 0) is 17.5 Å². The smallest absolute Gasteiger partial charge is 0.140 e. The minimum atomic E-state index is -1.35. The second-order valence-electron chi connectivity index (χ2n) is 4.80. The summed E-state index contributed by atoms with van der Waals surface area (Å²) in [5.74, 6) is 0. The van der Waals surface area contributed by atoms with E-state index in [2.05, 4.69) is 0 Å². The van der Waals surface area contributed by atoms with E-state index in [4.69, 9.17) is 0 Å². The van der Waals surface area contributed by atoms with Crippen molar-refractivity contribution in [2.45, 2.75) is 31.5 Å². The molecular formula is C17H20O2. The van der Waals surface area contributed by atoms with Crippen LogP contribution >= 0.6 is 0 Å². The Kier molecular flexibility index (Phi) is 4.35. The monoisotopic (exact) mass is 256 g/mol. The molecule has 0 fully saturated rings. The maximum Gasteiger partial charge on any atom is 0.140 e. The molecule has 100 valence electrons. The van der Waals surface area contributed by atoms with Crippen LogP contribution in [0, 0.1) is 0 Å². The zero-order valence-corrected chi connectivity index (χ0v) is 11.2. The van der Waals surface area contributed by atoms with Crippen LogP contribution in [-0.2, 0) is 5.60 Å². The molecule has 0 bridgehead atoms. The van der Waals surface area contributed by atoms with E-state index in [0.29, 0.717) is 6.42 Å². The van der Waals surface area contributed by atoms with Crippen molar-refractivity contribution in [3.63, 3.8) is 0 Å². The molecule has 19 heavy (non-hydrogen) atoms. The van der Waals surface area contributed by atoms with Crippen molar-refractivity contribution < 1.29 is 10.2 Å². The summed E-state index contributed by atoms with van der Waals surface area (Å²) in [7, 11) is 0. The Bertz CT molecular complexity index is 454. The zero-order chi connectivity index (χ0) is 13.7. The molecule has 2 rings (SSSR count). The van der Waals surface area contributed by atoms with E-state index < -0.39 is 11.7 Å². The Morgan fingerprint density at radius 2 is 1.32 bits per heavy atom. The molecule has 2 nitrogen and oxygen atoms in total. The molecule has 2 heteroatoms. The molecule has 0 aliphatic rings. The first-order valence-corrected chi connectivity index (χ1v) is 6.71. The average Bonchev–Trinajstić information content (AvgIpc) is 2.48. The van der Waals surface area contributed by atoms with Crippen LogP contribution in [0.15, 0.2) is 60.7 Å². The third kappa shape index (κ3) is 2.70. The molecule has 1 atom stereocenters. The second-order valence-corrected chi connectivity index (χ2v) is 4.80. The van der Waals surface area contributed by atoms with Crippen molar-refractivity contribution in [3.05, 3.63) is 71.8 Å². The number of aliphatic hydroxyl groups excluding tert-OH is 1. The van der Waals surface area contributed by atoms with E-state index in [9.17, 15) is 10.2 Å². The second kappa shape index (κ2) is 6.00. The Labute approximate surface area is 114 Å². The first-order valence-electron chi connectivity index (χ1n) is 6.71. The van der Waals surface area contributed by atoms with E-state index in [1.54, 1.807) is 0 Å². The fourth-order valence-corrected chi connectivity index (χ4v) is 2.42. The highest BCUT2D eigenvalue weighted by Crippen LogP contribution is 2.34. The highest BCUT2D eigenvalue weighted by Gasteiger charge is 2.38. The van der Waals surface area contributed by atoms with Gasteiger partial charge in [-0.15, -0.1) is 0 Å². The standard InChI is InChI=1S/C17H20O2/c1-2-9-16(18)17(19,14-10-5-3-6-11-14)15-12-7-4-8-13-15/h3-8,10-13,16,18-19H,2,9H2,1H3. The van der Waals surface area contributed by atoms with Crippen molar-refractivity contribution in [1.29, 1.82) is 0 Å². The molecule has 0 saturated carbocycles. The topological polar surface area (TPSA) is 40.5 Å². The molecule has 1 unspecified atom stereocenters. The fraction of sp³-hybridized carbons (Fsp3) is 0.294. The molecule has 0 saturated heterocycles. The van der Waals surface area contributed by atoms with Crippen LogP contribution < -0.4 is 0 Å². The number of aliphatic hydroxyl groups is 2. The van der Waals surface area contributed by atoms with Gasteiger partial charge in [-0.2, -0.15) is 0 Å². The van der Waals surface area contributed by atoms with E-state index >= 15 is 0 Å². The van der Waals surface area contributed by atoms with Gasteiger partial charge in [0.15, 0.2) is 0 Å². The molecular weight excluding hydrogens is 236 g/mol. The highest BCUT2D eigenvalue weighted by molar-refractivity contribution is 5.37. The van der Waals surface area contributed by atoms with Crippen LogP contribution in [0.4, 0.5) is 0 Å². The van der Waals surface area contributed by atoms with Crippen LogP contribution in [0.1, 0.15) is 30.9 Å². The summed E-state index contributed by atoms with van der Waals surface area (Å²) in [5.41, 5.74) is 0.0997. The molecule has 0 aliphatic heterocycles. The third-order valence-corrected chi connectivity index (χ3v) is 3.47. The Morgan fingerprint density at radius 1 is 0.895 bits per heavy atom. The maximum absolute atomic E-state index is 11.1. The normalized spacial score (nSPS) is 13.2. The van der Waals surface area contributed by atoms with Gasteiger partial charge in [0.25, 0.3) is 0 Å². The maximum atomic E-state index is 11.1. The van der Waals surface area contributed by atoms with Gasteiger partial charge in [0.1, 0.15) is 5.60 Å². The quantitative estimate of drug-likeness (QED) is 0.863. The lowest BCUT2D eigenvalue weighted by atomic mass is 9.80. The summed E-state index contributed by atoms with van der Waals surface area (Å²) in [6.07, 6.45) is 0.561. The summed E-state index contributed by atoms with van der Waals surface area (Å²) in [4.78, 5) is 0. The van der Waals surface area contributed by atoms with Gasteiger partial charge in [-0.3, -0.25) is 0 Å². The average molecular weight is 256 g/mol. The van der Waals surface area contributed by atoms with E-state index in [-0.39, 0.29) is 0 Å². The van der Waals surface area contributed by atoms with E-state index in [0.717, 1.165) is 17.5 Å². The predicted molar refractivity (Wildman–Crippen MR) is 76.8 cm³/mol. The highest BCUT2D eigenvalue weighted by atomic mass is 16.3. The number of rotatable bonds is 5. The first kappa shape index (κ1) is 13.8. The lowest BCUT2D eigenvalue weighted by Crippen LogP contribution is -2.40. The number of benzene rings is 2. The Balaban J connectivity index is 2.51. The van der Waals surface area contributed by atoms with Gasteiger partial charge in [-0.25, -0.2) is 0 Å². The molecule has 0 aliphatic carbocycles. The van der Waals surface area contributed by atoms with Crippen LogP contribution in [-0.4, -0.2) is 16.3 Å². The van der Waals surface area contributed by atoms with Crippen molar-refractivity contribution in [1.82, 2.24) is 0 Å².